The third-order valence-electron chi connectivity index (χ3n) is 3.68. The molecule has 0 unspecified atom stereocenters. The van der Waals surface area contributed by atoms with Gasteiger partial charge in [0.1, 0.15) is 5.54 Å². The number of carboxylic acid groups (broad SMARTS) is 1. The van der Waals surface area contributed by atoms with Crippen LogP contribution in [-0.4, -0.2) is 40.4 Å². The van der Waals surface area contributed by atoms with Gasteiger partial charge in [-0.25, -0.2) is 4.79 Å². The maximum atomic E-state index is 12.3. The van der Waals surface area contributed by atoms with Gasteiger partial charge in [0.05, 0.1) is 9.88 Å². The van der Waals surface area contributed by atoms with E-state index >= 15 is 0 Å². The Morgan fingerprint density at radius 3 is 2.48 bits per heavy atom. The first-order valence-electron chi connectivity index (χ1n) is 6.65. The zero-order chi connectivity index (χ0) is 15.8. The van der Waals surface area contributed by atoms with Crippen molar-refractivity contribution < 1.29 is 19.5 Å². The molecule has 1 aromatic heterocycles. The van der Waals surface area contributed by atoms with Crippen molar-refractivity contribution in [3.63, 3.8) is 0 Å². The van der Waals surface area contributed by atoms with Gasteiger partial charge in [-0.2, -0.15) is 0 Å². The van der Waals surface area contributed by atoms with Crippen molar-refractivity contribution in [1.29, 1.82) is 0 Å². The summed E-state index contributed by atoms with van der Waals surface area (Å²) in [6.07, 6.45) is 1.83. The molecule has 0 spiro atoms. The smallest absolute Gasteiger partial charge is 0.329 e. The number of thiophene rings is 1. The van der Waals surface area contributed by atoms with E-state index in [9.17, 15) is 14.4 Å². The molecule has 114 valence electrons. The van der Waals surface area contributed by atoms with Gasteiger partial charge in [-0.05, 0) is 38.8 Å². The molecule has 0 aromatic carbocycles. The summed E-state index contributed by atoms with van der Waals surface area (Å²) in [5, 5.41) is 12.5. The molecule has 0 bridgehead atoms. The summed E-state index contributed by atoms with van der Waals surface area (Å²) in [5.41, 5.74) is -1.29. The molecular weight excluding hydrogens is 292 g/mol. The summed E-state index contributed by atoms with van der Waals surface area (Å²) in [5.74, 6) is -1.37. The molecule has 1 fully saturated rings. The second kappa shape index (κ2) is 5.48. The first-order valence-corrected chi connectivity index (χ1v) is 7.47. The van der Waals surface area contributed by atoms with Crippen LogP contribution in [-0.2, 0) is 9.59 Å². The van der Waals surface area contributed by atoms with Crippen molar-refractivity contribution in [1.82, 2.24) is 4.90 Å². The van der Waals surface area contributed by atoms with Crippen LogP contribution in [0.25, 0.3) is 0 Å². The molecule has 2 rings (SSSR count). The Morgan fingerprint density at radius 2 is 1.95 bits per heavy atom. The number of anilines is 1. The number of carbonyl (C=O) groups excluding carboxylic acids is 2. The average Bonchev–Trinajstić information content (AvgIpc) is 3.17. The topological polar surface area (TPSA) is 86.7 Å². The van der Waals surface area contributed by atoms with Crippen molar-refractivity contribution in [3.8, 4) is 0 Å². The van der Waals surface area contributed by atoms with E-state index in [1.54, 1.807) is 12.1 Å². The Bertz CT molecular complexity index is 590. The van der Waals surface area contributed by atoms with Crippen LogP contribution in [0.5, 0.6) is 0 Å². The standard InChI is InChI=1S/C14H18N2O4S/c1-14(2,13(19)20)16(3)12(18)9-6-7-10(21-9)15-11(17)8-4-5-8/h6-8H,4-5H2,1-3H3,(H,15,17)(H,19,20). The van der Waals surface area contributed by atoms with Crippen LogP contribution in [0.3, 0.4) is 0 Å². The lowest BCUT2D eigenvalue weighted by Gasteiger charge is -2.31. The lowest BCUT2D eigenvalue weighted by Crippen LogP contribution is -2.50. The van der Waals surface area contributed by atoms with Crippen LogP contribution in [0.2, 0.25) is 0 Å². The van der Waals surface area contributed by atoms with Gasteiger partial charge < -0.3 is 15.3 Å². The second-order valence-electron chi connectivity index (χ2n) is 5.66. The van der Waals surface area contributed by atoms with Gasteiger partial charge in [0.25, 0.3) is 5.91 Å². The maximum absolute atomic E-state index is 12.3. The molecule has 1 aliphatic rings. The van der Waals surface area contributed by atoms with Crippen molar-refractivity contribution >= 4 is 34.1 Å². The van der Waals surface area contributed by atoms with E-state index in [1.807, 2.05) is 0 Å². The highest BCUT2D eigenvalue weighted by Gasteiger charge is 2.36. The van der Waals surface area contributed by atoms with E-state index in [0.29, 0.717) is 9.88 Å². The highest BCUT2D eigenvalue weighted by Crippen LogP contribution is 2.32. The number of carboxylic acids is 1. The predicted octanol–water partition coefficient (Wildman–Crippen LogP) is 2.03. The van der Waals surface area contributed by atoms with Gasteiger partial charge in [-0.15, -0.1) is 11.3 Å². The number of nitrogens with zero attached hydrogens (tertiary/aromatic N) is 1. The highest BCUT2D eigenvalue weighted by atomic mass is 32.1. The Morgan fingerprint density at radius 1 is 1.33 bits per heavy atom. The van der Waals surface area contributed by atoms with E-state index in [0.717, 1.165) is 24.2 Å². The van der Waals surface area contributed by atoms with Crippen LogP contribution < -0.4 is 5.32 Å². The van der Waals surface area contributed by atoms with Gasteiger partial charge in [-0.1, -0.05) is 0 Å². The molecule has 0 atom stereocenters. The summed E-state index contributed by atoms with van der Waals surface area (Å²) >= 11 is 1.15. The number of hydrogen-bond donors (Lipinski definition) is 2. The van der Waals surface area contributed by atoms with Gasteiger partial charge >= 0.3 is 5.97 Å². The molecule has 0 aliphatic heterocycles. The minimum atomic E-state index is -1.29. The summed E-state index contributed by atoms with van der Waals surface area (Å²) < 4.78 is 0. The largest absolute Gasteiger partial charge is 0.480 e. The molecular formula is C14H18N2O4S. The number of hydrogen-bond acceptors (Lipinski definition) is 4. The van der Waals surface area contributed by atoms with E-state index < -0.39 is 11.5 Å². The zero-order valence-electron chi connectivity index (χ0n) is 12.2. The Balaban J connectivity index is 2.07. The van der Waals surface area contributed by atoms with E-state index in [2.05, 4.69) is 5.32 Å². The SMILES string of the molecule is CN(C(=O)c1ccc(NC(=O)C2CC2)s1)C(C)(C)C(=O)O. The predicted molar refractivity (Wildman–Crippen MR) is 79.5 cm³/mol. The maximum Gasteiger partial charge on any atom is 0.329 e. The highest BCUT2D eigenvalue weighted by molar-refractivity contribution is 7.18. The lowest BCUT2D eigenvalue weighted by molar-refractivity contribution is -0.147. The summed E-state index contributed by atoms with van der Waals surface area (Å²) in [7, 11) is 1.46. The van der Waals surface area contributed by atoms with Crippen molar-refractivity contribution in [3.05, 3.63) is 17.0 Å². The molecule has 7 heteroatoms. The van der Waals surface area contributed by atoms with Gasteiger partial charge in [-0.3, -0.25) is 9.59 Å². The first kappa shape index (κ1) is 15.5. The average molecular weight is 310 g/mol. The fourth-order valence-electron chi connectivity index (χ4n) is 1.65. The Kier molecular flexibility index (Phi) is 4.04. The van der Waals surface area contributed by atoms with E-state index in [1.165, 1.54) is 25.8 Å². The Hall–Kier alpha value is -1.89. The molecule has 21 heavy (non-hydrogen) atoms. The van der Waals surface area contributed by atoms with Gasteiger partial charge in [0, 0.05) is 13.0 Å². The number of aliphatic carboxylic acids is 1. The molecule has 2 N–H and O–H groups in total. The molecule has 1 heterocycles. The number of carbonyl (C=O) groups is 3. The molecule has 1 aromatic rings. The fourth-order valence-corrected chi connectivity index (χ4v) is 2.54. The minimum absolute atomic E-state index is 0.0185. The monoisotopic (exact) mass is 310 g/mol. The first-order chi connectivity index (χ1) is 9.73. The quantitative estimate of drug-likeness (QED) is 0.871. The van der Waals surface area contributed by atoms with Gasteiger partial charge in [0.2, 0.25) is 5.91 Å². The molecule has 1 saturated carbocycles. The molecule has 0 saturated heterocycles. The van der Waals surface area contributed by atoms with Crippen molar-refractivity contribution in [2.45, 2.75) is 32.2 Å². The van der Waals surface area contributed by atoms with Crippen LogP contribution in [0.15, 0.2) is 12.1 Å². The molecule has 0 radical (unpaired) electrons. The van der Waals surface area contributed by atoms with Crippen LogP contribution in [0, 0.1) is 5.92 Å². The van der Waals surface area contributed by atoms with Crippen molar-refractivity contribution in [2.24, 2.45) is 5.92 Å². The Labute approximate surface area is 126 Å². The van der Waals surface area contributed by atoms with E-state index in [-0.39, 0.29) is 17.7 Å². The molecule has 1 aliphatic carbocycles. The molecule has 6 nitrogen and oxygen atoms in total. The number of amides is 2. The van der Waals surface area contributed by atoms with Crippen LogP contribution in [0.4, 0.5) is 5.00 Å². The fraction of sp³-hybridized carbons (Fsp3) is 0.500. The molecule has 2 amide bonds. The van der Waals surface area contributed by atoms with Crippen molar-refractivity contribution in [2.75, 3.05) is 12.4 Å². The zero-order valence-corrected chi connectivity index (χ0v) is 13.0. The minimum Gasteiger partial charge on any atom is -0.480 e. The number of rotatable bonds is 5. The number of nitrogens with one attached hydrogen (secondary N) is 1. The summed E-state index contributed by atoms with van der Waals surface area (Å²) in [4.78, 5) is 36.7. The summed E-state index contributed by atoms with van der Waals surface area (Å²) in [6.45, 7) is 2.94. The number of likely N-dealkylation sites (N-methyl/N-ethyl adjacent to an activating group) is 1. The van der Waals surface area contributed by atoms with Crippen LogP contribution in [0.1, 0.15) is 36.4 Å². The summed E-state index contributed by atoms with van der Waals surface area (Å²) in [6, 6.07) is 3.27. The third kappa shape index (κ3) is 3.24. The van der Waals surface area contributed by atoms with Gasteiger partial charge in [0.15, 0.2) is 0 Å². The van der Waals surface area contributed by atoms with E-state index in [4.69, 9.17) is 5.11 Å². The second-order valence-corrected chi connectivity index (χ2v) is 6.74. The lowest BCUT2D eigenvalue weighted by atomic mass is 10.0. The van der Waals surface area contributed by atoms with Crippen LogP contribution >= 0.6 is 11.3 Å². The third-order valence-corrected chi connectivity index (χ3v) is 4.67. The normalized spacial score (nSPS) is 14.6.